The van der Waals surface area contributed by atoms with Crippen LogP contribution in [-0.4, -0.2) is 69.6 Å². The molecule has 8 nitrogen and oxygen atoms in total. The van der Waals surface area contributed by atoms with Gasteiger partial charge in [-0.2, -0.15) is 0 Å². The maximum Gasteiger partial charge on any atom is 0.244 e. The predicted molar refractivity (Wildman–Crippen MR) is 145 cm³/mol. The minimum atomic E-state index is -0.605. The number of hydrogen-bond donors (Lipinski definition) is 3. The van der Waals surface area contributed by atoms with Crippen molar-refractivity contribution in [3.05, 3.63) is 24.3 Å². The molecule has 0 radical (unpaired) electrons. The lowest BCUT2D eigenvalue weighted by molar-refractivity contribution is -0.139. The molecule has 3 N–H and O–H groups in total. The average Bonchev–Trinajstić information content (AvgIpc) is 3.43. The number of anilines is 1. The van der Waals surface area contributed by atoms with Gasteiger partial charge in [0.2, 0.25) is 17.7 Å². The van der Waals surface area contributed by atoms with Gasteiger partial charge in [0.1, 0.15) is 11.8 Å². The molecule has 204 valence electrons. The minimum absolute atomic E-state index is 0.00713. The molecule has 3 saturated heterocycles. The highest BCUT2D eigenvalue weighted by Gasteiger charge is 2.75. The van der Waals surface area contributed by atoms with E-state index in [9.17, 15) is 14.4 Å². The first kappa shape index (κ1) is 27.8. The number of unbranched alkanes of at least 4 members (excludes halogenated alkanes) is 3. The summed E-state index contributed by atoms with van der Waals surface area (Å²) >= 11 is 1.69. The van der Waals surface area contributed by atoms with Gasteiger partial charge in [0, 0.05) is 30.1 Å². The molecule has 3 aliphatic heterocycles. The van der Waals surface area contributed by atoms with Gasteiger partial charge in [-0.3, -0.25) is 14.4 Å². The summed E-state index contributed by atoms with van der Waals surface area (Å²) in [7, 11) is 0. The Kier molecular flexibility index (Phi) is 8.74. The lowest BCUT2D eigenvalue weighted by Gasteiger charge is -2.39. The van der Waals surface area contributed by atoms with Gasteiger partial charge in [0.25, 0.3) is 0 Å². The van der Waals surface area contributed by atoms with Crippen molar-refractivity contribution in [2.24, 2.45) is 17.8 Å². The number of aliphatic hydroxyl groups is 1. The Balaban J connectivity index is 1.59. The van der Waals surface area contributed by atoms with E-state index in [1.807, 2.05) is 45.0 Å². The first-order valence-electron chi connectivity index (χ1n) is 13.7. The van der Waals surface area contributed by atoms with E-state index in [2.05, 4.69) is 17.6 Å². The first-order valence-corrected chi connectivity index (χ1v) is 14.6. The molecule has 9 heteroatoms. The van der Waals surface area contributed by atoms with Crippen LogP contribution in [0.3, 0.4) is 0 Å². The van der Waals surface area contributed by atoms with Crippen molar-refractivity contribution in [3.63, 3.8) is 0 Å². The molecule has 3 fully saturated rings. The molecule has 0 saturated carbocycles. The number of hydrogen-bond acceptors (Lipinski definition) is 6. The second kappa shape index (κ2) is 11.6. The third kappa shape index (κ3) is 5.21. The lowest BCUT2D eigenvalue weighted by Crippen LogP contribution is -2.57. The Bertz CT molecular complexity index is 987. The average molecular weight is 532 g/mol. The number of ether oxygens (including phenoxy) is 1. The summed E-state index contributed by atoms with van der Waals surface area (Å²) in [5.74, 6) is -0.449. The Morgan fingerprint density at radius 1 is 1.16 bits per heavy atom. The number of nitrogens with one attached hydrogen (secondary N) is 2. The van der Waals surface area contributed by atoms with Gasteiger partial charge in [0.05, 0.1) is 23.2 Å². The third-order valence-electron chi connectivity index (χ3n) is 7.97. The number of rotatable bonds is 12. The number of carbonyl (C=O) groups excluding carboxylic acids is 3. The van der Waals surface area contributed by atoms with E-state index in [1.54, 1.807) is 16.7 Å². The molecule has 1 spiro atoms. The number of benzene rings is 1. The molecule has 3 heterocycles. The molecule has 1 aromatic rings. The molecule has 0 aliphatic carbocycles. The fraction of sp³-hybridized carbons (Fsp3) is 0.679. The maximum absolute atomic E-state index is 14.0. The number of thioether (sulfide) groups is 1. The zero-order valence-electron chi connectivity index (χ0n) is 22.4. The predicted octanol–water partition coefficient (Wildman–Crippen LogP) is 3.44. The van der Waals surface area contributed by atoms with Gasteiger partial charge < -0.3 is 25.4 Å². The monoisotopic (exact) mass is 531 g/mol. The normalized spacial score (nSPS) is 30.1. The highest BCUT2D eigenvalue weighted by molar-refractivity contribution is 8.02. The van der Waals surface area contributed by atoms with E-state index in [4.69, 9.17) is 9.84 Å². The van der Waals surface area contributed by atoms with Crippen LogP contribution in [0.1, 0.15) is 59.8 Å². The standard InChI is InChI=1S/C28H41N3O5S/c1-5-36-20-12-10-19(11-13-20)30-25(33)22-21-16-18(4)28(37-21)23(22)27(35)31(14-8-6-7-9-15-32)24(28)26(34)29-17(2)3/h10-13,17-18,21-24,32H,5-9,14-16H2,1-4H3,(H,29,34)(H,30,33)/t18?,21-,22+,23+,24?,28?/m1/s1. The van der Waals surface area contributed by atoms with Crippen molar-refractivity contribution in [2.75, 3.05) is 25.1 Å². The Hall–Kier alpha value is -2.26. The highest BCUT2D eigenvalue weighted by atomic mass is 32.2. The number of amides is 3. The lowest BCUT2D eigenvalue weighted by atomic mass is 9.66. The molecule has 0 aromatic heterocycles. The summed E-state index contributed by atoms with van der Waals surface area (Å²) in [4.78, 5) is 43.0. The van der Waals surface area contributed by atoms with Crippen molar-refractivity contribution < 1.29 is 24.2 Å². The summed E-state index contributed by atoms with van der Waals surface area (Å²) in [6.07, 6.45) is 4.08. The van der Waals surface area contributed by atoms with Crippen LogP contribution in [0.4, 0.5) is 5.69 Å². The minimum Gasteiger partial charge on any atom is -0.494 e. The highest BCUT2D eigenvalue weighted by Crippen LogP contribution is 2.68. The zero-order valence-corrected chi connectivity index (χ0v) is 23.2. The summed E-state index contributed by atoms with van der Waals surface area (Å²) in [5, 5.41) is 15.2. The largest absolute Gasteiger partial charge is 0.494 e. The summed E-state index contributed by atoms with van der Waals surface area (Å²) < 4.78 is 4.89. The zero-order chi connectivity index (χ0) is 26.7. The van der Waals surface area contributed by atoms with Gasteiger partial charge in [-0.05, 0) is 70.2 Å². The van der Waals surface area contributed by atoms with Crippen LogP contribution in [-0.2, 0) is 14.4 Å². The van der Waals surface area contributed by atoms with Gasteiger partial charge in [-0.1, -0.05) is 19.8 Å². The van der Waals surface area contributed by atoms with Crippen LogP contribution >= 0.6 is 11.8 Å². The van der Waals surface area contributed by atoms with Gasteiger partial charge in [-0.15, -0.1) is 11.8 Å². The van der Waals surface area contributed by atoms with Gasteiger partial charge in [0.15, 0.2) is 0 Å². The Morgan fingerprint density at radius 3 is 2.51 bits per heavy atom. The van der Waals surface area contributed by atoms with Crippen molar-refractivity contribution in [1.29, 1.82) is 0 Å². The first-order chi connectivity index (χ1) is 17.7. The molecule has 4 rings (SSSR count). The van der Waals surface area contributed by atoms with E-state index >= 15 is 0 Å². The number of nitrogens with zero attached hydrogens (tertiary/aromatic N) is 1. The van der Waals surface area contributed by atoms with Gasteiger partial charge >= 0.3 is 0 Å². The third-order valence-corrected chi connectivity index (χ3v) is 10.0. The number of carbonyl (C=O) groups is 3. The van der Waals surface area contributed by atoms with Crippen molar-refractivity contribution in [3.8, 4) is 5.75 Å². The smallest absolute Gasteiger partial charge is 0.244 e. The van der Waals surface area contributed by atoms with Crippen LogP contribution in [0, 0.1) is 17.8 Å². The van der Waals surface area contributed by atoms with E-state index in [1.165, 1.54) is 0 Å². The molecule has 2 bridgehead atoms. The molecular weight excluding hydrogens is 490 g/mol. The van der Waals surface area contributed by atoms with Crippen LogP contribution in [0.5, 0.6) is 5.75 Å². The molecule has 37 heavy (non-hydrogen) atoms. The molecule has 1 aromatic carbocycles. The van der Waals surface area contributed by atoms with E-state index in [0.29, 0.717) is 18.8 Å². The van der Waals surface area contributed by atoms with Crippen molar-refractivity contribution in [1.82, 2.24) is 10.2 Å². The summed E-state index contributed by atoms with van der Waals surface area (Å²) in [6.45, 7) is 9.13. The molecular formula is C28H41N3O5S. The number of fused-ring (bicyclic) bond motifs is 1. The topological polar surface area (TPSA) is 108 Å². The number of likely N-dealkylation sites (tertiary alicyclic amines) is 1. The fourth-order valence-electron chi connectivity index (χ4n) is 6.50. The molecule has 3 amide bonds. The fourth-order valence-corrected chi connectivity index (χ4v) is 8.92. The van der Waals surface area contributed by atoms with Crippen LogP contribution in [0.2, 0.25) is 0 Å². The van der Waals surface area contributed by atoms with Crippen LogP contribution in [0.25, 0.3) is 0 Å². The van der Waals surface area contributed by atoms with Crippen molar-refractivity contribution in [2.45, 2.75) is 81.9 Å². The second-order valence-corrected chi connectivity index (χ2v) is 12.4. The maximum atomic E-state index is 14.0. The molecule has 3 unspecified atom stereocenters. The summed E-state index contributed by atoms with van der Waals surface area (Å²) in [6, 6.07) is 6.65. The van der Waals surface area contributed by atoms with Crippen molar-refractivity contribution >= 4 is 35.2 Å². The SMILES string of the molecule is CCOc1ccc(NC(=O)[C@@H]2[C@H]3C(=O)N(CCCCCCO)C(C(=O)NC(C)C)C34S[C@@H]2CC4C)cc1. The van der Waals surface area contributed by atoms with E-state index in [-0.39, 0.29) is 41.5 Å². The van der Waals surface area contributed by atoms with E-state index in [0.717, 1.165) is 37.9 Å². The van der Waals surface area contributed by atoms with E-state index < -0.39 is 22.6 Å². The Labute approximate surface area is 224 Å². The Morgan fingerprint density at radius 2 is 1.86 bits per heavy atom. The molecule has 3 aliphatic rings. The van der Waals surface area contributed by atoms with Gasteiger partial charge in [-0.25, -0.2) is 0 Å². The number of aliphatic hydroxyl groups excluding tert-OH is 1. The molecule has 6 atom stereocenters. The van der Waals surface area contributed by atoms with Crippen LogP contribution in [0.15, 0.2) is 24.3 Å². The summed E-state index contributed by atoms with van der Waals surface area (Å²) in [5.41, 5.74) is 0.670. The quantitative estimate of drug-likeness (QED) is 0.357. The second-order valence-electron chi connectivity index (χ2n) is 10.8. The van der Waals surface area contributed by atoms with Crippen LogP contribution < -0.4 is 15.4 Å².